The van der Waals surface area contributed by atoms with Gasteiger partial charge in [0.05, 0.1) is 10.7 Å². The van der Waals surface area contributed by atoms with Gasteiger partial charge in [0.1, 0.15) is 0 Å². The van der Waals surface area contributed by atoms with Gasteiger partial charge in [-0.05, 0) is 19.1 Å². The van der Waals surface area contributed by atoms with Gasteiger partial charge in [0.2, 0.25) is 0 Å². The van der Waals surface area contributed by atoms with E-state index in [1.165, 1.54) is 0 Å². The van der Waals surface area contributed by atoms with E-state index < -0.39 is 0 Å². The first-order valence-corrected chi connectivity index (χ1v) is 7.86. The summed E-state index contributed by atoms with van der Waals surface area (Å²) in [5.41, 5.74) is 4.41. The Labute approximate surface area is 148 Å². The van der Waals surface area contributed by atoms with Gasteiger partial charge in [-0.2, -0.15) is 5.10 Å². The van der Waals surface area contributed by atoms with Crippen molar-refractivity contribution in [2.75, 3.05) is 5.43 Å². The lowest BCUT2D eigenvalue weighted by Gasteiger charge is -2.07. The average Bonchev–Trinajstić information content (AvgIpc) is 2.54. The number of anilines is 1. The average molecular weight is 366 g/mol. The Morgan fingerprint density at radius 3 is 2.48 bits per heavy atom. The minimum atomic E-state index is 0.354. The summed E-state index contributed by atoms with van der Waals surface area (Å²) < 4.78 is 0. The van der Waals surface area contributed by atoms with E-state index in [4.69, 9.17) is 34.8 Å². The molecule has 1 aromatic heterocycles. The van der Waals surface area contributed by atoms with Crippen molar-refractivity contribution in [2.24, 2.45) is 5.10 Å². The molecular weight excluding hydrogens is 355 g/mol. The molecule has 0 saturated carbocycles. The largest absolute Gasteiger partial charge is 0.259 e. The van der Waals surface area contributed by atoms with E-state index in [0.29, 0.717) is 26.7 Å². The van der Waals surface area contributed by atoms with Crippen LogP contribution in [0.15, 0.2) is 47.6 Å². The lowest BCUT2D eigenvalue weighted by atomic mass is 10.1. The van der Waals surface area contributed by atoms with Gasteiger partial charge in [-0.3, -0.25) is 5.43 Å². The highest BCUT2D eigenvalue weighted by molar-refractivity contribution is 6.37. The second-order valence-electron chi connectivity index (χ2n) is 4.82. The fourth-order valence-electron chi connectivity index (χ4n) is 2.13. The molecule has 0 saturated heterocycles. The molecule has 116 valence electrons. The first-order chi connectivity index (χ1) is 11.1. The molecule has 3 aromatic rings. The van der Waals surface area contributed by atoms with Gasteiger partial charge >= 0.3 is 0 Å². The van der Waals surface area contributed by atoms with E-state index in [-0.39, 0.29) is 0 Å². The lowest BCUT2D eigenvalue weighted by Crippen LogP contribution is -2.03. The second kappa shape index (κ2) is 6.71. The highest BCUT2D eigenvalue weighted by Crippen LogP contribution is 2.26. The first-order valence-electron chi connectivity index (χ1n) is 6.73. The maximum absolute atomic E-state index is 6.18. The van der Waals surface area contributed by atoms with Gasteiger partial charge in [0, 0.05) is 21.4 Å². The Morgan fingerprint density at radius 1 is 1.00 bits per heavy atom. The smallest absolute Gasteiger partial charge is 0.176 e. The molecule has 3 rings (SSSR count). The number of hydrogen-bond acceptors (Lipinski definition) is 4. The Bertz CT molecular complexity index is 909. The van der Waals surface area contributed by atoms with E-state index in [9.17, 15) is 0 Å². The quantitative estimate of drug-likeness (QED) is 0.497. The van der Waals surface area contributed by atoms with Crippen molar-refractivity contribution in [1.82, 2.24) is 10.2 Å². The maximum atomic E-state index is 6.18. The number of fused-ring (bicyclic) bond motifs is 1. The van der Waals surface area contributed by atoms with Crippen molar-refractivity contribution >= 4 is 57.1 Å². The van der Waals surface area contributed by atoms with Gasteiger partial charge in [0.25, 0.3) is 0 Å². The summed E-state index contributed by atoms with van der Waals surface area (Å²) in [6.07, 6.45) is 0. The summed E-state index contributed by atoms with van der Waals surface area (Å²) >= 11 is 18.1. The monoisotopic (exact) mass is 364 g/mol. The molecule has 0 atom stereocenters. The SMILES string of the molecule is C/C(=N\Nc1nnc(Cl)c2ccccc12)c1ccc(Cl)cc1Cl. The predicted octanol–water partition coefficient (Wildman–Crippen LogP) is 5.43. The third-order valence-electron chi connectivity index (χ3n) is 3.29. The number of halogens is 3. The predicted molar refractivity (Wildman–Crippen MR) is 96.8 cm³/mol. The minimum Gasteiger partial charge on any atom is -0.259 e. The number of nitrogens with zero attached hydrogens (tertiary/aromatic N) is 3. The zero-order chi connectivity index (χ0) is 16.4. The molecule has 7 heteroatoms. The van der Waals surface area contributed by atoms with Crippen LogP contribution in [0.5, 0.6) is 0 Å². The number of hydrazone groups is 1. The van der Waals surface area contributed by atoms with E-state index >= 15 is 0 Å². The molecule has 1 N–H and O–H groups in total. The van der Waals surface area contributed by atoms with Crippen LogP contribution >= 0.6 is 34.8 Å². The normalized spacial score (nSPS) is 11.7. The number of aromatic nitrogens is 2. The molecule has 0 unspecified atom stereocenters. The van der Waals surface area contributed by atoms with Gasteiger partial charge in [0.15, 0.2) is 11.0 Å². The molecule has 0 aliphatic heterocycles. The van der Waals surface area contributed by atoms with Crippen LogP contribution in [-0.2, 0) is 0 Å². The standard InChI is InChI=1S/C16H11Cl3N4/c1-9(11-7-6-10(17)8-14(11)18)20-22-16-13-5-3-2-4-12(13)15(19)21-23-16/h2-8H,1H3,(H,22,23)/b20-9+. The topological polar surface area (TPSA) is 50.2 Å². The second-order valence-corrected chi connectivity index (χ2v) is 6.02. The van der Waals surface area contributed by atoms with Gasteiger partial charge in [-0.15, -0.1) is 10.2 Å². The van der Waals surface area contributed by atoms with E-state index in [2.05, 4.69) is 20.7 Å². The van der Waals surface area contributed by atoms with Crippen LogP contribution in [0, 0.1) is 0 Å². The Morgan fingerprint density at radius 2 is 1.74 bits per heavy atom. The van der Waals surface area contributed by atoms with Crippen LogP contribution in [0.3, 0.4) is 0 Å². The minimum absolute atomic E-state index is 0.354. The third-order valence-corrected chi connectivity index (χ3v) is 4.12. The summed E-state index contributed by atoms with van der Waals surface area (Å²) in [4.78, 5) is 0. The number of benzene rings is 2. The van der Waals surface area contributed by atoms with Crippen LogP contribution in [-0.4, -0.2) is 15.9 Å². The Kier molecular flexibility index (Phi) is 4.66. The molecule has 23 heavy (non-hydrogen) atoms. The highest BCUT2D eigenvalue weighted by atomic mass is 35.5. The number of hydrogen-bond donors (Lipinski definition) is 1. The third kappa shape index (κ3) is 3.39. The molecule has 0 spiro atoms. The van der Waals surface area contributed by atoms with Crippen LogP contribution in [0.2, 0.25) is 15.2 Å². The summed E-state index contributed by atoms with van der Waals surface area (Å²) in [5, 5.41) is 15.4. The molecular formula is C16H11Cl3N4. The number of rotatable bonds is 3. The van der Waals surface area contributed by atoms with Gasteiger partial charge in [-0.1, -0.05) is 65.1 Å². The van der Waals surface area contributed by atoms with Crippen LogP contribution in [0.4, 0.5) is 5.82 Å². The molecule has 1 heterocycles. The fraction of sp³-hybridized carbons (Fsp3) is 0.0625. The summed E-state index contributed by atoms with van der Waals surface area (Å²) in [6, 6.07) is 12.8. The molecule has 0 fully saturated rings. The molecule has 0 aliphatic rings. The van der Waals surface area contributed by atoms with Gasteiger partial charge < -0.3 is 0 Å². The van der Waals surface area contributed by atoms with Crippen molar-refractivity contribution in [3.8, 4) is 0 Å². The first kappa shape index (κ1) is 16.0. The molecule has 0 aliphatic carbocycles. The van der Waals surface area contributed by atoms with Crippen molar-refractivity contribution in [3.05, 3.63) is 63.2 Å². The zero-order valence-electron chi connectivity index (χ0n) is 12.0. The molecule has 4 nitrogen and oxygen atoms in total. The van der Waals surface area contributed by atoms with Crippen molar-refractivity contribution < 1.29 is 0 Å². The highest BCUT2D eigenvalue weighted by Gasteiger charge is 2.08. The van der Waals surface area contributed by atoms with E-state index in [1.807, 2.05) is 37.3 Å². The lowest BCUT2D eigenvalue weighted by molar-refractivity contribution is 1.04. The van der Waals surface area contributed by atoms with Crippen molar-refractivity contribution in [2.45, 2.75) is 6.92 Å². The van der Waals surface area contributed by atoms with Gasteiger partial charge in [-0.25, -0.2) is 0 Å². The van der Waals surface area contributed by atoms with Crippen LogP contribution < -0.4 is 5.43 Å². The number of nitrogens with one attached hydrogen (secondary N) is 1. The van der Waals surface area contributed by atoms with Crippen LogP contribution in [0.1, 0.15) is 12.5 Å². The summed E-state index contributed by atoms with van der Waals surface area (Å²) in [5.74, 6) is 0.523. The Balaban J connectivity index is 1.95. The van der Waals surface area contributed by atoms with Crippen LogP contribution in [0.25, 0.3) is 10.8 Å². The molecule has 2 aromatic carbocycles. The summed E-state index contributed by atoms with van der Waals surface area (Å²) in [6.45, 7) is 1.84. The van der Waals surface area contributed by atoms with E-state index in [0.717, 1.165) is 16.3 Å². The fourth-order valence-corrected chi connectivity index (χ4v) is 2.88. The molecule has 0 bridgehead atoms. The zero-order valence-corrected chi connectivity index (χ0v) is 14.3. The Hall–Kier alpha value is -1.88. The molecule has 0 radical (unpaired) electrons. The van der Waals surface area contributed by atoms with E-state index in [1.54, 1.807) is 12.1 Å². The maximum Gasteiger partial charge on any atom is 0.176 e. The van der Waals surface area contributed by atoms with Crippen molar-refractivity contribution in [3.63, 3.8) is 0 Å². The molecule has 0 amide bonds. The van der Waals surface area contributed by atoms with Crippen molar-refractivity contribution in [1.29, 1.82) is 0 Å². The summed E-state index contributed by atoms with van der Waals surface area (Å²) in [7, 11) is 0.